The summed E-state index contributed by atoms with van der Waals surface area (Å²) in [4.78, 5) is 1.21. The smallest absolute Gasteiger partial charge is 0.0818 e. The van der Waals surface area contributed by atoms with Crippen LogP contribution in [0.4, 0.5) is 0 Å². The van der Waals surface area contributed by atoms with Crippen LogP contribution in [0.2, 0.25) is 0 Å². The molecule has 5 aliphatic carbocycles. The zero-order valence-electron chi connectivity index (χ0n) is 17.3. The largest absolute Gasteiger partial charge is 0.376 e. The molecule has 2 unspecified atom stereocenters. The van der Waals surface area contributed by atoms with Crippen LogP contribution in [0.5, 0.6) is 0 Å². The topological polar surface area (TPSA) is 38.0 Å². The van der Waals surface area contributed by atoms with Crippen molar-refractivity contribution < 1.29 is 0 Å². The fourth-order valence-corrected chi connectivity index (χ4v) is 8.31. The Balaban J connectivity index is 1.42. The summed E-state index contributed by atoms with van der Waals surface area (Å²) in [5.41, 5.74) is 8.30. The van der Waals surface area contributed by atoms with Gasteiger partial charge < -0.3 is 11.1 Å². The molecular weight excluding hydrogens is 360 g/mol. The highest BCUT2D eigenvalue weighted by Gasteiger charge is 2.62. The first-order chi connectivity index (χ1) is 13.5. The molecule has 0 heterocycles. The van der Waals surface area contributed by atoms with Crippen LogP contribution < -0.4 is 11.1 Å². The van der Waals surface area contributed by atoms with Crippen molar-refractivity contribution in [2.24, 2.45) is 28.9 Å². The lowest BCUT2D eigenvalue weighted by molar-refractivity contribution is -0.0823. The van der Waals surface area contributed by atoms with Crippen molar-refractivity contribution in [2.45, 2.75) is 88.6 Å². The van der Waals surface area contributed by atoms with E-state index in [1.54, 1.807) is 5.56 Å². The number of nitrogens with one attached hydrogen (secondary N) is 1. The summed E-state index contributed by atoms with van der Waals surface area (Å²) in [5, 5.41) is 3.87. The molecule has 0 spiro atoms. The van der Waals surface area contributed by atoms with E-state index in [2.05, 4.69) is 42.6 Å². The van der Waals surface area contributed by atoms with Crippen LogP contribution in [-0.2, 0) is 5.41 Å². The van der Waals surface area contributed by atoms with Gasteiger partial charge in [-0.05, 0) is 86.5 Å². The molecule has 2 atom stereocenters. The maximum absolute atomic E-state index is 6.19. The van der Waals surface area contributed by atoms with Crippen molar-refractivity contribution in [3.63, 3.8) is 0 Å². The third-order valence-corrected chi connectivity index (χ3v) is 9.50. The van der Waals surface area contributed by atoms with Gasteiger partial charge >= 0.3 is 0 Å². The standard InChI is InChI=1S/C25H36N2S/c1-2-22-17-12-24(19-6-4-3-5-7-19)13-18(22)15-25(14-17,16-24)23(28)27-21-10-8-20(26)9-11-21/h3-7,17-18,20-22H,2,8-16,26H2,1H3,(H,27,28)/t17?,18?,20-,21-,22?,24?,25?. The Morgan fingerprint density at radius 3 is 2.29 bits per heavy atom. The third-order valence-electron chi connectivity index (χ3n) is 8.95. The van der Waals surface area contributed by atoms with Crippen LogP contribution in [0.1, 0.15) is 76.7 Å². The fraction of sp³-hybridized carbons (Fsp3) is 0.720. The first-order valence-corrected chi connectivity index (χ1v) is 12.1. The van der Waals surface area contributed by atoms with E-state index in [1.807, 2.05) is 0 Å². The van der Waals surface area contributed by atoms with Crippen molar-refractivity contribution in [3.8, 4) is 0 Å². The summed E-state index contributed by atoms with van der Waals surface area (Å²) < 4.78 is 0. The lowest BCUT2D eigenvalue weighted by Gasteiger charge is -2.65. The number of rotatable bonds is 4. The van der Waals surface area contributed by atoms with E-state index in [1.165, 1.54) is 56.4 Å². The van der Waals surface area contributed by atoms with Crippen LogP contribution in [0, 0.1) is 23.2 Å². The van der Waals surface area contributed by atoms with E-state index >= 15 is 0 Å². The number of nitrogens with two attached hydrogens (primary N) is 1. The fourth-order valence-electron chi connectivity index (χ4n) is 7.91. The molecule has 0 saturated heterocycles. The van der Waals surface area contributed by atoms with Crippen molar-refractivity contribution in [1.29, 1.82) is 0 Å². The van der Waals surface area contributed by atoms with Crippen molar-refractivity contribution in [2.75, 3.05) is 0 Å². The van der Waals surface area contributed by atoms with Gasteiger partial charge in [0.25, 0.3) is 0 Å². The van der Waals surface area contributed by atoms with E-state index < -0.39 is 0 Å². The summed E-state index contributed by atoms with van der Waals surface area (Å²) in [6, 6.07) is 12.4. The molecule has 4 bridgehead atoms. The van der Waals surface area contributed by atoms with Crippen LogP contribution in [-0.4, -0.2) is 17.1 Å². The van der Waals surface area contributed by atoms with Gasteiger partial charge in [0.05, 0.1) is 4.99 Å². The minimum absolute atomic E-state index is 0.238. The van der Waals surface area contributed by atoms with Gasteiger partial charge in [0.15, 0.2) is 0 Å². The molecule has 0 aromatic heterocycles. The Kier molecular flexibility index (Phi) is 4.83. The zero-order valence-corrected chi connectivity index (χ0v) is 18.1. The van der Waals surface area contributed by atoms with E-state index in [0.717, 1.165) is 30.6 Å². The first kappa shape index (κ1) is 19.1. The van der Waals surface area contributed by atoms with Gasteiger partial charge in [0.1, 0.15) is 0 Å². The van der Waals surface area contributed by atoms with Crippen LogP contribution in [0.3, 0.4) is 0 Å². The Hall–Kier alpha value is -0.930. The normalized spacial score (nSPS) is 44.4. The zero-order chi connectivity index (χ0) is 19.4. The van der Waals surface area contributed by atoms with Crippen LogP contribution >= 0.6 is 12.2 Å². The first-order valence-electron chi connectivity index (χ1n) is 11.7. The van der Waals surface area contributed by atoms with Gasteiger partial charge in [-0.3, -0.25) is 0 Å². The highest BCUT2D eigenvalue weighted by molar-refractivity contribution is 7.80. The molecule has 28 heavy (non-hydrogen) atoms. The minimum atomic E-state index is 0.238. The van der Waals surface area contributed by atoms with Crippen molar-refractivity contribution in [3.05, 3.63) is 35.9 Å². The number of hydrogen-bond donors (Lipinski definition) is 2. The predicted molar refractivity (Wildman–Crippen MR) is 120 cm³/mol. The molecule has 0 radical (unpaired) electrons. The van der Waals surface area contributed by atoms with Gasteiger partial charge in [0.2, 0.25) is 0 Å². The van der Waals surface area contributed by atoms with E-state index in [0.29, 0.717) is 17.5 Å². The summed E-state index contributed by atoms with van der Waals surface area (Å²) in [6.45, 7) is 2.41. The molecule has 1 aromatic rings. The van der Waals surface area contributed by atoms with Crippen molar-refractivity contribution >= 4 is 17.2 Å². The predicted octanol–water partition coefficient (Wildman–Crippen LogP) is 5.35. The van der Waals surface area contributed by atoms with Gasteiger partial charge in [-0.25, -0.2) is 0 Å². The molecule has 152 valence electrons. The maximum atomic E-state index is 6.19. The Labute approximate surface area is 176 Å². The molecular formula is C25H36N2S. The van der Waals surface area contributed by atoms with E-state index in [-0.39, 0.29) is 5.41 Å². The summed E-state index contributed by atoms with van der Waals surface area (Å²) in [5.74, 6) is 2.62. The molecule has 5 saturated carbocycles. The SMILES string of the molecule is CCC1C2CC3(C(=S)N[C@H]4CC[C@H](N)CC4)CC1CC(c1ccccc1)(C2)C3. The molecule has 3 heteroatoms. The summed E-state index contributed by atoms with van der Waals surface area (Å²) >= 11 is 6.19. The Morgan fingerprint density at radius 1 is 1.04 bits per heavy atom. The molecule has 6 rings (SSSR count). The molecule has 0 aliphatic heterocycles. The van der Waals surface area contributed by atoms with Gasteiger partial charge in [-0.15, -0.1) is 0 Å². The second-order valence-electron chi connectivity index (χ2n) is 10.6. The van der Waals surface area contributed by atoms with E-state index in [4.69, 9.17) is 18.0 Å². The van der Waals surface area contributed by atoms with Gasteiger partial charge in [-0.1, -0.05) is 55.9 Å². The second-order valence-corrected chi connectivity index (χ2v) is 11.0. The van der Waals surface area contributed by atoms with Crippen LogP contribution in [0.15, 0.2) is 30.3 Å². The van der Waals surface area contributed by atoms with Crippen LogP contribution in [0.25, 0.3) is 0 Å². The Bertz CT molecular complexity index is 705. The minimum Gasteiger partial charge on any atom is -0.376 e. The lowest BCUT2D eigenvalue weighted by Crippen LogP contribution is -2.62. The van der Waals surface area contributed by atoms with Crippen molar-refractivity contribution in [1.82, 2.24) is 5.32 Å². The lowest BCUT2D eigenvalue weighted by atomic mass is 9.40. The molecule has 5 fully saturated rings. The Morgan fingerprint density at radius 2 is 1.68 bits per heavy atom. The highest BCUT2D eigenvalue weighted by atomic mass is 32.1. The molecule has 3 N–H and O–H groups in total. The third kappa shape index (κ3) is 3.04. The molecule has 0 amide bonds. The summed E-state index contributed by atoms with van der Waals surface area (Å²) in [7, 11) is 0. The molecule has 1 aromatic carbocycles. The average Bonchev–Trinajstić information content (AvgIpc) is 2.70. The summed E-state index contributed by atoms with van der Waals surface area (Å²) in [6.07, 6.45) is 12.7. The van der Waals surface area contributed by atoms with E-state index in [9.17, 15) is 0 Å². The number of thiocarbonyl (C=S) groups is 1. The number of hydrogen-bond acceptors (Lipinski definition) is 2. The quantitative estimate of drug-likeness (QED) is 0.674. The number of benzene rings is 1. The van der Waals surface area contributed by atoms with Gasteiger partial charge in [-0.2, -0.15) is 0 Å². The molecule has 5 aliphatic rings. The monoisotopic (exact) mass is 396 g/mol. The average molecular weight is 397 g/mol. The molecule has 2 nitrogen and oxygen atoms in total. The highest BCUT2D eigenvalue weighted by Crippen LogP contribution is 2.68. The van der Waals surface area contributed by atoms with Gasteiger partial charge in [0, 0.05) is 17.5 Å². The second kappa shape index (κ2) is 7.09. The maximum Gasteiger partial charge on any atom is 0.0818 e.